The average molecular weight is 452 g/mol. The van der Waals surface area contributed by atoms with E-state index in [0.717, 1.165) is 23.0 Å². The van der Waals surface area contributed by atoms with Gasteiger partial charge < -0.3 is 8.98 Å². The van der Waals surface area contributed by atoms with Crippen LogP contribution in [0.25, 0.3) is 11.5 Å². The maximum Gasteiger partial charge on any atom is 0.247 e. The third-order valence-electron chi connectivity index (χ3n) is 5.68. The van der Waals surface area contributed by atoms with E-state index in [0.29, 0.717) is 17.8 Å². The lowest BCUT2D eigenvalue weighted by Gasteiger charge is -2.26. The summed E-state index contributed by atoms with van der Waals surface area (Å²) in [5.41, 5.74) is 0.932. The molecule has 1 aliphatic carbocycles. The van der Waals surface area contributed by atoms with Crippen LogP contribution in [0.4, 0.5) is 0 Å². The quantitative estimate of drug-likeness (QED) is 0.305. The van der Waals surface area contributed by atoms with Crippen LogP contribution in [0.1, 0.15) is 66.9 Å². The molecular weight excluding hydrogens is 426 g/mol. The molecule has 5 rings (SSSR count). The van der Waals surface area contributed by atoms with Crippen LogP contribution in [0.2, 0.25) is 0 Å². The molecule has 0 saturated heterocycles. The zero-order valence-corrected chi connectivity index (χ0v) is 19.1. The summed E-state index contributed by atoms with van der Waals surface area (Å²) in [6.07, 6.45) is 7.07. The molecule has 0 N–H and O–H groups in total. The SMILES string of the molecule is CC(Sc1nnc(Cc2cccs2)n1C1CCCCC1)c1nnc(-c2ccccc2)o1. The summed E-state index contributed by atoms with van der Waals surface area (Å²) in [4.78, 5) is 1.32. The first-order valence-electron chi connectivity index (χ1n) is 10.8. The van der Waals surface area contributed by atoms with Gasteiger partial charge in [0.15, 0.2) is 5.16 Å². The highest BCUT2D eigenvalue weighted by molar-refractivity contribution is 7.99. The van der Waals surface area contributed by atoms with Crippen LogP contribution in [-0.2, 0) is 6.42 Å². The second-order valence-electron chi connectivity index (χ2n) is 7.89. The van der Waals surface area contributed by atoms with Crippen molar-refractivity contribution in [2.45, 2.75) is 61.9 Å². The van der Waals surface area contributed by atoms with Crippen LogP contribution < -0.4 is 0 Å². The summed E-state index contributed by atoms with van der Waals surface area (Å²) in [6.45, 7) is 2.09. The topological polar surface area (TPSA) is 69.6 Å². The molecule has 8 heteroatoms. The van der Waals surface area contributed by atoms with Crippen molar-refractivity contribution in [3.63, 3.8) is 0 Å². The summed E-state index contributed by atoms with van der Waals surface area (Å²) in [5, 5.41) is 20.8. The largest absolute Gasteiger partial charge is 0.419 e. The van der Waals surface area contributed by atoms with Gasteiger partial charge in [-0.3, -0.25) is 0 Å². The van der Waals surface area contributed by atoms with E-state index in [1.807, 2.05) is 30.3 Å². The van der Waals surface area contributed by atoms with Crippen molar-refractivity contribution < 1.29 is 4.42 Å². The van der Waals surface area contributed by atoms with Crippen LogP contribution in [0.3, 0.4) is 0 Å². The van der Waals surface area contributed by atoms with E-state index in [1.54, 1.807) is 23.1 Å². The van der Waals surface area contributed by atoms with Crippen molar-refractivity contribution in [3.05, 3.63) is 64.4 Å². The van der Waals surface area contributed by atoms with Gasteiger partial charge in [-0.15, -0.1) is 31.7 Å². The molecule has 1 unspecified atom stereocenters. The Morgan fingerprint density at radius 2 is 1.87 bits per heavy atom. The van der Waals surface area contributed by atoms with E-state index in [4.69, 9.17) is 4.42 Å². The fourth-order valence-electron chi connectivity index (χ4n) is 4.09. The maximum atomic E-state index is 5.98. The lowest BCUT2D eigenvalue weighted by atomic mass is 9.95. The van der Waals surface area contributed by atoms with Crippen molar-refractivity contribution in [1.29, 1.82) is 0 Å². The molecular formula is C23H25N5OS2. The number of aromatic nitrogens is 5. The van der Waals surface area contributed by atoms with Crippen molar-refractivity contribution >= 4 is 23.1 Å². The molecule has 160 valence electrons. The Hall–Kier alpha value is -2.45. The summed E-state index contributed by atoms with van der Waals surface area (Å²) in [5.74, 6) is 2.22. The second kappa shape index (κ2) is 9.36. The predicted octanol–water partition coefficient (Wildman–Crippen LogP) is 6.34. The van der Waals surface area contributed by atoms with Gasteiger partial charge >= 0.3 is 0 Å². The third kappa shape index (κ3) is 4.60. The van der Waals surface area contributed by atoms with Gasteiger partial charge in [0.05, 0.1) is 5.25 Å². The van der Waals surface area contributed by atoms with Gasteiger partial charge in [-0.2, -0.15) is 0 Å². The first-order valence-corrected chi connectivity index (χ1v) is 12.6. The Bertz CT molecular complexity index is 1100. The Kier molecular flexibility index (Phi) is 6.18. The Labute approximate surface area is 190 Å². The predicted molar refractivity (Wildman–Crippen MR) is 123 cm³/mol. The normalized spacial score (nSPS) is 15.9. The van der Waals surface area contributed by atoms with Gasteiger partial charge in [0.25, 0.3) is 0 Å². The number of hydrogen-bond acceptors (Lipinski definition) is 7. The number of rotatable bonds is 7. The number of thiophene rings is 1. The fourth-order valence-corrected chi connectivity index (χ4v) is 5.76. The van der Waals surface area contributed by atoms with E-state index >= 15 is 0 Å². The number of benzene rings is 1. The Balaban J connectivity index is 1.39. The van der Waals surface area contributed by atoms with Crippen LogP contribution in [0, 0.1) is 0 Å². The molecule has 0 spiro atoms. The fraction of sp³-hybridized carbons (Fsp3) is 0.391. The lowest BCUT2D eigenvalue weighted by molar-refractivity contribution is 0.330. The van der Waals surface area contributed by atoms with Crippen molar-refractivity contribution in [1.82, 2.24) is 25.0 Å². The molecule has 31 heavy (non-hydrogen) atoms. The Morgan fingerprint density at radius 1 is 1.03 bits per heavy atom. The standard InChI is InChI=1S/C23H25N5OS2/c1-16(21-25-26-22(29-21)17-9-4-2-5-10-17)31-23-27-24-20(15-19-13-8-14-30-19)28(23)18-11-6-3-7-12-18/h2,4-5,8-10,13-14,16,18H,3,6-7,11-12,15H2,1H3. The van der Waals surface area contributed by atoms with Crippen LogP contribution in [0.5, 0.6) is 0 Å². The molecule has 4 aromatic rings. The van der Waals surface area contributed by atoms with Crippen LogP contribution >= 0.6 is 23.1 Å². The van der Waals surface area contributed by atoms with Gasteiger partial charge in [-0.05, 0) is 43.3 Å². The molecule has 1 aliphatic rings. The molecule has 1 saturated carbocycles. The van der Waals surface area contributed by atoms with E-state index < -0.39 is 0 Å². The highest BCUT2D eigenvalue weighted by Crippen LogP contribution is 2.39. The van der Waals surface area contributed by atoms with Crippen LogP contribution in [-0.4, -0.2) is 25.0 Å². The van der Waals surface area contributed by atoms with Crippen molar-refractivity contribution in [2.24, 2.45) is 0 Å². The number of hydrogen-bond donors (Lipinski definition) is 0. The second-order valence-corrected chi connectivity index (χ2v) is 10.2. The monoisotopic (exact) mass is 451 g/mol. The smallest absolute Gasteiger partial charge is 0.247 e. The van der Waals surface area contributed by atoms with E-state index in [2.05, 4.69) is 49.4 Å². The highest BCUT2D eigenvalue weighted by Gasteiger charge is 2.26. The van der Waals surface area contributed by atoms with Gasteiger partial charge in [0, 0.05) is 22.9 Å². The number of thioether (sulfide) groups is 1. The van der Waals surface area contributed by atoms with E-state index in [1.165, 1.54) is 37.0 Å². The average Bonchev–Trinajstić information content (AvgIpc) is 3.57. The van der Waals surface area contributed by atoms with Gasteiger partial charge in [-0.25, -0.2) is 0 Å². The van der Waals surface area contributed by atoms with Crippen LogP contribution in [0.15, 0.2) is 57.4 Å². The van der Waals surface area contributed by atoms with Crippen molar-refractivity contribution in [2.75, 3.05) is 0 Å². The molecule has 1 fully saturated rings. The molecule has 0 aliphatic heterocycles. The molecule has 0 amide bonds. The Morgan fingerprint density at radius 3 is 2.65 bits per heavy atom. The molecule has 3 aromatic heterocycles. The molecule has 1 atom stereocenters. The maximum absolute atomic E-state index is 5.98. The molecule has 0 bridgehead atoms. The molecule has 0 radical (unpaired) electrons. The minimum atomic E-state index is -0.00825. The minimum absolute atomic E-state index is 0.00825. The summed E-state index contributed by atoms with van der Waals surface area (Å²) >= 11 is 3.43. The first kappa shape index (κ1) is 20.5. The lowest BCUT2D eigenvalue weighted by Crippen LogP contribution is -2.17. The minimum Gasteiger partial charge on any atom is -0.419 e. The zero-order valence-electron chi connectivity index (χ0n) is 17.5. The number of nitrogens with zero attached hydrogens (tertiary/aromatic N) is 5. The van der Waals surface area contributed by atoms with Gasteiger partial charge in [0.2, 0.25) is 11.8 Å². The van der Waals surface area contributed by atoms with E-state index in [9.17, 15) is 0 Å². The molecule has 1 aromatic carbocycles. The summed E-state index contributed by atoms with van der Waals surface area (Å²) in [6, 6.07) is 14.6. The zero-order chi connectivity index (χ0) is 21.0. The van der Waals surface area contributed by atoms with E-state index in [-0.39, 0.29) is 5.25 Å². The highest BCUT2D eigenvalue weighted by atomic mass is 32.2. The third-order valence-corrected chi connectivity index (χ3v) is 7.60. The summed E-state index contributed by atoms with van der Waals surface area (Å²) < 4.78 is 8.37. The van der Waals surface area contributed by atoms with Gasteiger partial charge in [0.1, 0.15) is 5.82 Å². The summed E-state index contributed by atoms with van der Waals surface area (Å²) in [7, 11) is 0. The molecule has 6 nitrogen and oxygen atoms in total. The first-order chi connectivity index (χ1) is 15.3. The van der Waals surface area contributed by atoms with Crippen molar-refractivity contribution in [3.8, 4) is 11.5 Å². The molecule has 3 heterocycles. The van der Waals surface area contributed by atoms with Gasteiger partial charge in [-0.1, -0.05) is 55.3 Å².